The van der Waals surface area contributed by atoms with Gasteiger partial charge in [0.25, 0.3) is 0 Å². The molecular formula is C27H30Zr. The Kier molecular flexibility index (Phi) is 14.9. The summed E-state index contributed by atoms with van der Waals surface area (Å²) in [7, 11) is 0. The van der Waals surface area contributed by atoms with E-state index in [1.54, 1.807) is 0 Å². The molecule has 4 rings (SSSR count). The molecule has 0 aromatic heterocycles. The molecule has 28 heavy (non-hydrogen) atoms. The van der Waals surface area contributed by atoms with Gasteiger partial charge in [-0.25, -0.2) is 12.1 Å². The molecule has 0 amide bonds. The van der Waals surface area contributed by atoms with Crippen molar-refractivity contribution in [2.45, 2.75) is 34.6 Å². The van der Waals surface area contributed by atoms with Gasteiger partial charge in [0, 0.05) is 0 Å². The van der Waals surface area contributed by atoms with E-state index in [-0.39, 0.29) is 26.2 Å². The Morgan fingerprint density at radius 3 is 1.07 bits per heavy atom. The van der Waals surface area contributed by atoms with Crippen LogP contribution in [0.2, 0.25) is 0 Å². The van der Waals surface area contributed by atoms with Crippen LogP contribution in [0.25, 0.3) is 0 Å². The fourth-order valence-corrected chi connectivity index (χ4v) is 2.41. The first-order valence-electron chi connectivity index (χ1n) is 9.24. The van der Waals surface area contributed by atoms with Gasteiger partial charge in [0.15, 0.2) is 0 Å². The van der Waals surface area contributed by atoms with Crippen LogP contribution in [0, 0.1) is 46.8 Å². The van der Waals surface area contributed by atoms with Crippen LogP contribution in [0.5, 0.6) is 0 Å². The Morgan fingerprint density at radius 1 is 0.607 bits per heavy atom. The van der Waals surface area contributed by atoms with Crippen molar-refractivity contribution in [1.82, 2.24) is 0 Å². The number of hydrogen-bond acceptors (Lipinski definition) is 0. The molecule has 0 N–H and O–H groups in total. The molecule has 142 valence electrons. The average molecular weight is 446 g/mol. The molecule has 0 radical (unpaired) electrons. The molecule has 0 saturated heterocycles. The molecule has 0 nitrogen and oxygen atoms in total. The molecule has 0 bridgehead atoms. The fourth-order valence-electron chi connectivity index (χ4n) is 2.41. The van der Waals surface area contributed by atoms with Gasteiger partial charge in [0.05, 0.1) is 0 Å². The predicted octanol–water partition coefficient (Wildman–Crippen LogP) is 7.32. The van der Waals surface area contributed by atoms with E-state index in [1.807, 2.05) is 91.0 Å². The zero-order chi connectivity index (χ0) is 19.9. The zero-order valence-electron chi connectivity index (χ0n) is 17.7. The summed E-state index contributed by atoms with van der Waals surface area (Å²) in [6, 6.07) is 35.0. The summed E-state index contributed by atoms with van der Waals surface area (Å²) in [5.74, 6) is 0. The molecule has 0 aliphatic carbocycles. The fraction of sp³-hybridized carbons (Fsp3) is 0.185. The van der Waals surface area contributed by atoms with Crippen molar-refractivity contribution in [2.75, 3.05) is 0 Å². The van der Waals surface area contributed by atoms with Crippen LogP contribution in [0.15, 0.2) is 91.0 Å². The Bertz CT molecular complexity index is 627. The summed E-state index contributed by atoms with van der Waals surface area (Å²) >= 11 is 0. The first kappa shape index (κ1) is 26.0. The topological polar surface area (TPSA) is 0 Å². The van der Waals surface area contributed by atoms with Gasteiger partial charge in [-0.1, -0.05) is 34.6 Å². The van der Waals surface area contributed by atoms with Gasteiger partial charge in [-0.05, 0) is 0 Å². The average Bonchev–Trinajstić information content (AvgIpc) is 3.38. The van der Waals surface area contributed by atoms with Gasteiger partial charge < -0.3 is 0 Å². The largest absolute Gasteiger partial charge is 4.00 e. The molecule has 1 heteroatoms. The third-order valence-electron chi connectivity index (χ3n) is 4.58. The predicted molar refractivity (Wildman–Crippen MR) is 118 cm³/mol. The van der Waals surface area contributed by atoms with E-state index in [4.69, 9.17) is 0 Å². The van der Waals surface area contributed by atoms with E-state index in [0.717, 1.165) is 0 Å². The van der Waals surface area contributed by atoms with E-state index >= 15 is 0 Å². The van der Waals surface area contributed by atoms with Crippen LogP contribution in [0.1, 0.15) is 27.8 Å². The van der Waals surface area contributed by atoms with Crippen molar-refractivity contribution in [1.29, 1.82) is 0 Å². The zero-order valence-corrected chi connectivity index (χ0v) is 20.1. The molecule has 0 unspecified atom stereocenters. The molecule has 0 fully saturated rings. The summed E-state index contributed by atoms with van der Waals surface area (Å²) in [4.78, 5) is 0. The maximum absolute atomic E-state index is 2.89. The van der Waals surface area contributed by atoms with Crippen molar-refractivity contribution < 1.29 is 26.2 Å². The molecule has 4 aromatic carbocycles. The molecule has 0 atom stereocenters. The second-order valence-corrected chi connectivity index (χ2v) is 6.24. The van der Waals surface area contributed by atoms with Gasteiger partial charge in [0.2, 0.25) is 0 Å². The number of benzene rings is 2. The third kappa shape index (κ3) is 10.4. The Labute approximate surface area is 191 Å². The van der Waals surface area contributed by atoms with E-state index in [2.05, 4.69) is 46.8 Å². The third-order valence-corrected chi connectivity index (χ3v) is 4.58. The van der Waals surface area contributed by atoms with Crippen molar-refractivity contribution in [3.05, 3.63) is 131 Å². The van der Waals surface area contributed by atoms with Crippen LogP contribution in [-0.4, -0.2) is 0 Å². The van der Waals surface area contributed by atoms with Gasteiger partial charge >= 0.3 is 26.2 Å². The van der Waals surface area contributed by atoms with Crippen molar-refractivity contribution in [2.24, 2.45) is 0 Å². The maximum Gasteiger partial charge on any atom is 4.00 e. The van der Waals surface area contributed by atoms with Crippen LogP contribution >= 0.6 is 0 Å². The first-order chi connectivity index (χ1) is 13.1. The monoisotopic (exact) mass is 444 g/mol. The smallest absolute Gasteiger partial charge is 0.214 e. The molecule has 0 spiro atoms. The van der Waals surface area contributed by atoms with Crippen molar-refractivity contribution >= 4 is 0 Å². The molecule has 0 aliphatic rings. The van der Waals surface area contributed by atoms with Gasteiger partial charge in [0.1, 0.15) is 0 Å². The minimum atomic E-state index is 0. The Morgan fingerprint density at radius 2 is 0.964 bits per heavy atom. The molecule has 0 aliphatic heterocycles. The van der Waals surface area contributed by atoms with E-state index < -0.39 is 0 Å². The van der Waals surface area contributed by atoms with E-state index in [1.165, 1.54) is 27.8 Å². The summed E-state index contributed by atoms with van der Waals surface area (Å²) in [5.41, 5.74) is 7.34. The van der Waals surface area contributed by atoms with Crippen LogP contribution in [0.4, 0.5) is 0 Å². The van der Waals surface area contributed by atoms with E-state index in [9.17, 15) is 0 Å². The quantitative estimate of drug-likeness (QED) is 0.249. The Balaban J connectivity index is 0.000000356. The Hall–Kier alpha value is -1.98. The van der Waals surface area contributed by atoms with Crippen molar-refractivity contribution in [3.8, 4) is 0 Å². The molecule has 0 saturated carbocycles. The second kappa shape index (κ2) is 16.0. The first-order valence-corrected chi connectivity index (χ1v) is 9.24. The molecule has 4 aromatic rings. The standard InChI is InChI=1S/C10H15.2C6H5.C5H5.Zr/c1-6-7(2)9(4)10(5)8(6)3;2*1-2-4-6-5-3-1;1-2-4-5-3-1;/h1-5H3;2*1-5H;1-5H;/q4*-1;+4. The van der Waals surface area contributed by atoms with Crippen molar-refractivity contribution in [3.63, 3.8) is 0 Å². The van der Waals surface area contributed by atoms with Crippen LogP contribution in [0.3, 0.4) is 0 Å². The SMILES string of the molecule is Cc1c(C)c(C)[c-](C)c1C.[Zr+4].[c-]1ccccc1.[c-]1ccccc1.c1cc[cH-]c1. The maximum atomic E-state index is 2.89. The number of rotatable bonds is 0. The second-order valence-electron chi connectivity index (χ2n) is 6.24. The minimum Gasteiger partial charge on any atom is -0.214 e. The number of hydrogen-bond donors (Lipinski definition) is 0. The van der Waals surface area contributed by atoms with Gasteiger partial charge in [-0.2, -0.15) is 119 Å². The summed E-state index contributed by atoms with van der Waals surface area (Å²) in [6.45, 7) is 11.0. The van der Waals surface area contributed by atoms with Crippen LogP contribution in [-0.2, 0) is 26.2 Å². The van der Waals surface area contributed by atoms with Crippen LogP contribution < -0.4 is 0 Å². The summed E-state index contributed by atoms with van der Waals surface area (Å²) < 4.78 is 0. The minimum absolute atomic E-state index is 0. The van der Waals surface area contributed by atoms with Gasteiger partial charge in [-0.3, -0.25) is 0 Å². The molecular weight excluding hydrogens is 416 g/mol. The van der Waals surface area contributed by atoms with E-state index in [0.29, 0.717) is 0 Å². The normalized spacial score (nSPS) is 8.61. The summed E-state index contributed by atoms with van der Waals surface area (Å²) in [5, 5.41) is 0. The molecule has 0 heterocycles. The van der Waals surface area contributed by atoms with Gasteiger partial charge in [-0.15, -0.1) is 0 Å². The summed E-state index contributed by atoms with van der Waals surface area (Å²) in [6.07, 6.45) is 0.